The Morgan fingerprint density at radius 2 is 2.06 bits per heavy atom. The molecule has 0 spiro atoms. The molecule has 1 amide bonds. The Morgan fingerprint density at radius 1 is 1.39 bits per heavy atom. The zero-order valence-corrected chi connectivity index (χ0v) is 11.0. The largest absolute Gasteiger partial charge is 0.480 e. The van der Waals surface area contributed by atoms with Crippen molar-refractivity contribution >= 4 is 27.8 Å². The Morgan fingerprint density at radius 3 is 2.56 bits per heavy atom. The van der Waals surface area contributed by atoms with Crippen LogP contribution in [0.5, 0.6) is 0 Å². The smallest absolute Gasteiger partial charge is 0.317 e. The summed E-state index contributed by atoms with van der Waals surface area (Å²) in [6.07, 6.45) is 0. The normalized spacial score (nSPS) is 10.6. The molecule has 0 fully saturated rings. The van der Waals surface area contributed by atoms with E-state index in [-0.39, 0.29) is 19.6 Å². The van der Waals surface area contributed by atoms with Gasteiger partial charge >= 0.3 is 5.97 Å². The number of aliphatic carboxylic acids is 1. The first-order valence-corrected chi connectivity index (χ1v) is 5.84. The van der Waals surface area contributed by atoms with Gasteiger partial charge in [-0.15, -0.1) is 0 Å². The van der Waals surface area contributed by atoms with Crippen molar-refractivity contribution in [3.8, 4) is 0 Å². The summed E-state index contributed by atoms with van der Waals surface area (Å²) in [5, 5.41) is 8.69. The molecule has 0 atom stereocenters. The molecule has 0 aliphatic rings. The van der Waals surface area contributed by atoms with Gasteiger partial charge < -0.3 is 10.8 Å². The summed E-state index contributed by atoms with van der Waals surface area (Å²) < 4.78 is 14.2. The number of hydrogen-bond donors (Lipinski definition) is 2. The summed E-state index contributed by atoms with van der Waals surface area (Å²) in [5.41, 5.74) is 5.32. The number of rotatable bonds is 6. The van der Waals surface area contributed by atoms with Crippen LogP contribution in [0.15, 0.2) is 22.7 Å². The highest BCUT2D eigenvalue weighted by atomic mass is 79.9. The molecule has 5 nitrogen and oxygen atoms in total. The summed E-state index contributed by atoms with van der Waals surface area (Å²) >= 11 is 3.12. The van der Waals surface area contributed by atoms with E-state index in [1.165, 1.54) is 17.0 Å². The number of hydrogen-bond acceptors (Lipinski definition) is 3. The van der Waals surface area contributed by atoms with E-state index in [0.717, 1.165) is 0 Å². The van der Waals surface area contributed by atoms with Gasteiger partial charge in [-0.3, -0.25) is 14.5 Å². The van der Waals surface area contributed by atoms with Crippen LogP contribution in [0.2, 0.25) is 0 Å². The number of carbonyl (C=O) groups excluding carboxylic acids is 1. The van der Waals surface area contributed by atoms with Gasteiger partial charge in [0.25, 0.3) is 0 Å². The van der Waals surface area contributed by atoms with E-state index < -0.39 is 17.7 Å². The van der Waals surface area contributed by atoms with Gasteiger partial charge in [0.1, 0.15) is 5.82 Å². The number of benzene rings is 1. The van der Waals surface area contributed by atoms with E-state index >= 15 is 0 Å². The quantitative estimate of drug-likeness (QED) is 0.818. The predicted octanol–water partition coefficient (Wildman–Crippen LogP) is 0.960. The van der Waals surface area contributed by atoms with Crippen molar-refractivity contribution in [2.45, 2.75) is 6.54 Å². The molecule has 0 saturated heterocycles. The number of carboxylic acids is 1. The van der Waals surface area contributed by atoms with Gasteiger partial charge in [-0.25, -0.2) is 4.39 Å². The van der Waals surface area contributed by atoms with Crippen molar-refractivity contribution in [2.75, 3.05) is 13.1 Å². The summed E-state index contributed by atoms with van der Waals surface area (Å²) in [6.45, 7) is -0.603. The Kier molecular flexibility index (Phi) is 5.24. The lowest BCUT2D eigenvalue weighted by atomic mass is 10.2. The molecule has 1 aromatic carbocycles. The molecule has 3 N–H and O–H groups in total. The monoisotopic (exact) mass is 318 g/mol. The van der Waals surface area contributed by atoms with Crippen LogP contribution in [0.25, 0.3) is 0 Å². The van der Waals surface area contributed by atoms with E-state index in [1.807, 2.05) is 0 Å². The van der Waals surface area contributed by atoms with Crippen LogP contribution in [0.1, 0.15) is 5.56 Å². The summed E-state index contributed by atoms with van der Waals surface area (Å²) in [5.74, 6) is -2.23. The van der Waals surface area contributed by atoms with Crippen molar-refractivity contribution in [3.05, 3.63) is 34.1 Å². The molecule has 0 aromatic heterocycles. The molecule has 1 aromatic rings. The lowest BCUT2D eigenvalue weighted by molar-refractivity contribution is -0.138. The molecule has 98 valence electrons. The van der Waals surface area contributed by atoms with Crippen molar-refractivity contribution in [2.24, 2.45) is 5.73 Å². The molecule has 0 bridgehead atoms. The van der Waals surface area contributed by atoms with Crippen LogP contribution in [-0.2, 0) is 16.1 Å². The number of nitrogens with two attached hydrogens (primary N) is 1. The van der Waals surface area contributed by atoms with Gasteiger partial charge in [-0.2, -0.15) is 0 Å². The molecule has 1 rings (SSSR count). The number of carboxylic acid groups (broad SMARTS) is 1. The third-order valence-corrected chi connectivity index (χ3v) is 2.64. The molecule has 0 unspecified atom stereocenters. The van der Waals surface area contributed by atoms with E-state index in [4.69, 9.17) is 10.8 Å². The molecule has 0 aliphatic heterocycles. The van der Waals surface area contributed by atoms with Gasteiger partial charge in [-0.1, -0.05) is 22.0 Å². The highest BCUT2D eigenvalue weighted by molar-refractivity contribution is 9.10. The highest BCUT2D eigenvalue weighted by Crippen LogP contribution is 2.16. The fraction of sp³-hybridized carbons (Fsp3) is 0.273. The van der Waals surface area contributed by atoms with Crippen LogP contribution in [-0.4, -0.2) is 35.0 Å². The molecular formula is C11H12BrFN2O3. The minimum atomic E-state index is -1.10. The number of carbonyl (C=O) groups is 2. The topological polar surface area (TPSA) is 83.6 Å². The summed E-state index contributed by atoms with van der Waals surface area (Å²) in [7, 11) is 0. The van der Waals surface area contributed by atoms with Gasteiger partial charge in [0.05, 0.1) is 13.1 Å². The molecule has 0 radical (unpaired) electrons. The van der Waals surface area contributed by atoms with Crippen LogP contribution in [0.4, 0.5) is 4.39 Å². The number of nitrogens with zero attached hydrogens (tertiary/aromatic N) is 1. The Hall–Kier alpha value is -1.47. The van der Waals surface area contributed by atoms with Crippen molar-refractivity contribution in [1.82, 2.24) is 4.90 Å². The predicted molar refractivity (Wildman–Crippen MR) is 66.2 cm³/mol. The molecule has 0 heterocycles. The zero-order valence-electron chi connectivity index (χ0n) is 9.40. The minimum absolute atomic E-state index is 0.00829. The van der Waals surface area contributed by atoms with Crippen molar-refractivity contribution in [1.29, 1.82) is 0 Å². The maximum Gasteiger partial charge on any atom is 0.317 e. The van der Waals surface area contributed by atoms with Gasteiger partial charge in [0.2, 0.25) is 5.91 Å². The first-order valence-electron chi connectivity index (χ1n) is 5.05. The number of amides is 1. The molecular weight excluding hydrogens is 307 g/mol. The minimum Gasteiger partial charge on any atom is -0.480 e. The van der Waals surface area contributed by atoms with Crippen LogP contribution < -0.4 is 5.73 Å². The van der Waals surface area contributed by atoms with Crippen LogP contribution >= 0.6 is 15.9 Å². The second-order valence-corrected chi connectivity index (χ2v) is 4.66. The third-order valence-electron chi connectivity index (χ3n) is 2.15. The lowest BCUT2D eigenvalue weighted by Crippen LogP contribution is -2.37. The molecule has 0 saturated carbocycles. The van der Waals surface area contributed by atoms with E-state index in [0.29, 0.717) is 10.0 Å². The number of primary amides is 1. The van der Waals surface area contributed by atoms with E-state index in [9.17, 15) is 14.0 Å². The maximum atomic E-state index is 13.6. The third kappa shape index (κ3) is 4.80. The van der Waals surface area contributed by atoms with Crippen molar-refractivity contribution < 1.29 is 19.1 Å². The lowest BCUT2D eigenvalue weighted by Gasteiger charge is -2.18. The SMILES string of the molecule is NC(=O)CN(CC(=O)O)Cc1ccc(Br)cc1F. The average molecular weight is 319 g/mol. The maximum absolute atomic E-state index is 13.6. The van der Waals surface area contributed by atoms with Crippen molar-refractivity contribution in [3.63, 3.8) is 0 Å². The Bertz CT molecular complexity index is 452. The van der Waals surface area contributed by atoms with E-state index in [1.54, 1.807) is 6.07 Å². The highest BCUT2D eigenvalue weighted by Gasteiger charge is 2.14. The van der Waals surface area contributed by atoms with Gasteiger partial charge in [-0.05, 0) is 12.1 Å². The van der Waals surface area contributed by atoms with E-state index in [2.05, 4.69) is 15.9 Å². The second kappa shape index (κ2) is 6.46. The Balaban J connectivity index is 2.81. The van der Waals surface area contributed by atoms with Crippen LogP contribution in [0.3, 0.4) is 0 Å². The number of halogens is 2. The van der Waals surface area contributed by atoms with Gasteiger partial charge in [0.15, 0.2) is 0 Å². The summed E-state index contributed by atoms with van der Waals surface area (Å²) in [4.78, 5) is 22.7. The molecule has 7 heteroatoms. The fourth-order valence-corrected chi connectivity index (χ4v) is 1.80. The fourth-order valence-electron chi connectivity index (χ4n) is 1.47. The average Bonchev–Trinajstić information content (AvgIpc) is 2.20. The first kappa shape index (κ1) is 14.6. The first-order chi connectivity index (χ1) is 8.38. The molecule has 18 heavy (non-hydrogen) atoms. The Labute approximate surface area is 112 Å². The zero-order chi connectivity index (χ0) is 13.7. The van der Waals surface area contributed by atoms with Gasteiger partial charge in [0, 0.05) is 16.6 Å². The standard InChI is InChI=1S/C11H12BrFN2O3/c12-8-2-1-7(9(13)3-8)4-15(5-10(14)16)6-11(17)18/h1-3H,4-6H2,(H2,14,16)(H,17,18). The molecule has 0 aliphatic carbocycles. The second-order valence-electron chi connectivity index (χ2n) is 3.74. The van der Waals surface area contributed by atoms with Crippen LogP contribution in [0, 0.1) is 5.82 Å². The summed E-state index contributed by atoms with van der Waals surface area (Å²) in [6, 6.07) is 4.44.